The van der Waals surface area contributed by atoms with Crippen molar-refractivity contribution in [3.63, 3.8) is 0 Å². The lowest BCUT2D eigenvalue weighted by Crippen LogP contribution is -2.40. The molecule has 0 amide bonds. The van der Waals surface area contributed by atoms with Crippen molar-refractivity contribution < 1.29 is 47.4 Å². The fourth-order valence-electron chi connectivity index (χ4n) is 9.33. The molecular weight excluding hydrogens is 881 g/mol. The predicted octanol–water partition coefficient (Wildman–Crippen LogP) is 13.7. The summed E-state index contributed by atoms with van der Waals surface area (Å²) < 4.78 is 65.3. The van der Waals surface area contributed by atoms with E-state index in [0.29, 0.717) is 157 Å². The molecule has 1 saturated heterocycles. The number of ether oxygens (including phenoxy) is 10. The summed E-state index contributed by atoms with van der Waals surface area (Å²) >= 11 is 0. The summed E-state index contributed by atoms with van der Waals surface area (Å²) in [6, 6.07) is 0. The van der Waals surface area contributed by atoms with E-state index in [1.165, 1.54) is 6.42 Å². The van der Waals surface area contributed by atoms with Gasteiger partial charge in [0.05, 0.1) is 104 Å². The Labute approximate surface area is 434 Å². The standard InChI is InChI=1S/C60H120O10/c1-41(2)21-51(47(13)14)27-61-28-53(49(17)18)29-63-37-59(69-56(25-45(9)10)33-64-38-60-39-65-34-57(70-60)26-46(11)12)40-66-36-58(68-31-52(48(15)16)22-42(3)4)35-62-30-54(50(19)20)32-67-55(23-43(5)6)24-44(7)8/h41-60H,21-40H2,1-20H3/t51?,52-,53+,54+,56?,57?,58?,59?,60?/m0/s1. The van der Waals surface area contributed by atoms with Gasteiger partial charge in [0, 0.05) is 18.4 Å². The van der Waals surface area contributed by atoms with E-state index >= 15 is 0 Å². The molecule has 0 aromatic rings. The molecule has 9 atom stereocenters. The average Bonchev–Trinajstić information content (AvgIpc) is 3.23. The first-order chi connectivity index (χ1) is 32.9. The second-order valence-electron chi connectivity index (χ2n) is 25.7. The van der Waals surface area contributed by atoms with Crippen LogP contribution in [0.3, 0.4) is 0 Å². The van der Waals surface area contributed by atoms with Gasteiger partial charge in [0.1, 0.15) is 18.3 Å². The highest BCUT2D eigenvalue weighted by Crippen LogP contribution is 2.25. The van der Waals surface area contributed by atoms with Gasteiger partial charge < -0.3 is 47.4 Å². The maximum Gasteiger partial charge on any atom is 0.105 e. The molecule has 420 valence electrons. The van der Waals surface area contributed by atoms with Crippen LogP contribution >= 0.6 is 0 Å². The molecule has 6 unspecified atom stereocenters. The highest BCUT2D eigenvalue weighted by Gasteiger charge is 2.28. The van der Waals surface area contributed by atoms with Crippen molar-refractivity contribution in [1.82, 2.24) is 0 Å². The van der Waals surface area contributed by atoms with Crippen molar-refractivity contribution in [3.8, 4) is 0 Å². The van der Waals surface area contributed by atoms with E-state index < -0.39 is 0 Å². The van der Waals surface area contributed by atoms with Gasteiger partial charge in [0.2, 0.25) is 0 Å². The zero-order valence-electron chi connectivity index (χ0n) is 49.8. The first-order valence-electron chi connectivity index (χ1n) is 29.0. The van der Waals surface area contributed by atoms with Crippen molar-refractivity contribution in [2.24, 2.45) is 82.9 Å². The van der Waals surface area contributed by atoms with Gasteiger partial charge in [0.15, 0.2) is 0 Å². The van der Waals surface area contributed by atoms with Crippen LogP contribution in [-0.2, 0) is 47.4 Å². The Morgan fingerprint density at radius 2 is 0.686 bits per heavy atom. The molecule has 1 fully saturated rings. The molecule has 1 aliphatic heterocycles. The lowest BCUT2D eigenvalue weighted by Gasteiger charge is -2.32. The Balaban J connectivity index is 3.24. The quantitative estimate of drug-likeness (QED) is 0.0588. The summed E-state index contributed by atoms with van der Waals surface area (Å²) in [6.45, 7) is 53.5. The molecule has 1 rings (SSSR count). The van der Waals surface area contributed by atoms with Gasteiger partial charge in [0.25, 0.3) is 0 Å². The topological polar surface area (TPSA) is 92.3 Å². The third kappa shape index (κ3) is 34.2. The van der Waals surface area contributed by atoms with E-state index in [0.717, 1.165) is 38.7 Å². The third-order valence-corrected chi connectivity index (χ3v) is 13.9. The second kappa shape index (κ2) is 39.0. The van der Waals surface area contributed by atoms with E-state index in [1.54, 1.807) is 0 Å². The van der Waals surface area contributed by atoms with E-state index in [-0.39, 0.29) is 48.5 Å². The van der Waals surface area contributed by atoms with Crippen molar-refractivity contribution in [3.05, 3.63) is 0 Å². The zero-order valence-corrected chi connectivity index (χ0v) is 49.8. The van der Waals surface area contributed by atoms with Crippen LogP contribution in [0.1, 0.15) is 177 Å². The largest absolute Gasteiger partial charge is 0.381 e. The van der Waals surface area contributed by atoms with Gasteiger partial charge in [-0.1, -0.05) is 138 Å². The molecule has 0 aromatic carbocycles. The molecule has 0 spiro atoms. The first kappa shape index (κ1) is 67.6. The van der Waals surface area contributed by atoms with Gasteiger partial charge in [-0.15, -0.1) is 0 Å². The lowest BCUT2D eigenvalue weighted by molar-refractivity contribution is -0.171. The Bertz CT molecular complexity index is 1180. The summed E-state index contributed by atoms with van der Waals surface area (Å²) in [5.74, 6) is 6.94. The van der Waals surface area contributed by atoms with Crippen molar-refractivity contribution in [2.75, 3.05) is 92.5 Å². The molecule has 1 heterocycles. The van der Waals surface area contributed by atoms with Gasteiger partial charge in [-0.2, -0.15) is 0 Å². The minimum atomic E-state index is -0.305. The Hall–Kier alpha value is -0.400. The fourth-order valence-corrected chi connectivity index (χ4v) is 9.33. The normalized spacial score (nSPS) is 19.4. The molecule has 0 aliphatic carbocycles. The van der Waals surface area contributed by atoms with Crippen LogP contribution in [-0.4, -0.2) is 129 Å². The molecule has 70 heavy (non-hydrogen) atoms. The van der Waals surface area contributed by atoms with E-state index in [4.69, 9.17) is 47.4 Å². The highest BCUT2D eigenvalue weighted by molar-refractivity contribution is 4.74. The SMILES string of the molecule is CC(C)CC(CC(C)C)OC[C@@H](COCC(COCC(COC[C@@H](COCC(CC(C)C)C(C)C)C(C)C)OC(COCC1COCC(CC(C)C)O1)CC(C)C)OC[C@H](CC(C)C)C(C)C)C(C)C. The minimum Gasteiger partial charge on any atom is -0.381 e. The zero-order chi connectivity index (χ0) is 52.8. The van der Waals surface area contributed by atoms with E-state index in [9.17, 15) is 0 Å². The van der Waals surface area contributed by atoms with Crippen LogP contribution in [0.5, 0.6) is 0 Å². The van der Waals surface area contributed by atoms with Crippen LogP contribution in [0.25, 0.3) is 0 Å². The molecule has 0 N–H and O–H groups in total. The van der Waals surface area contributed by atoms with Crippen LogP contribution in [0.15, 0.2) is 0 Å². The Morgan fingerprint density at radius 1 is 0.329 bits per heavy atom. The fraction of sp³-hybridized carbons (Fsp3) is 1.00. The smallest absolute Gasteiger partial charge is 0.105 e. The molecule has 0 bridgehead atoms. The van der Waals surface area contributed by atoms with Crippen LogP contribution < -0.4 is 0 Å². The van der Waals surface area contributed by atoms with E-state index in [1.807, 2.05) is 0 Å². The Morgan fingerprint density at radius 3 is 1.16 bits per heavy atom. The van der Waals surface area contributed by atoms with Crippen LogP contribution in [0.4, 0.5) is 0 Å². The number of rotatable bonds is 44. The maximum absolute atomic E-state index is 6.97. The number of hydrogen-bond donors (Lipinski definition) is 0. The first-order valence-corrected chi connectivity index (χ1v) is 29.0. The van der Waals surface area contributed by atoms with Crippen molar-refractivity contribution in [2.45, 2.75) is 214 Å². The van der Waals surface area contributed by atoms with Crippen molar-refractivity contribution in [1.29, 1.82) is 0 Å². The van der Waals surface area contributed by atoms with Crippen LogP contribution in [0.2, 0.25) is 0 Å². The van der Waals surface area contributed by atoms with Gasteiger partial charge in [-0.05, 0) is 110 Å². The summed E-state index contributed by atoms with van der Waals surface area (Å²) in [4.78, 5) is 0. The molecular formula is C60H120O10. The van der Waals surface area contributed by atoms with E-state index in [2.05, 4.69) is 138 Å². The predicted molar refractivity (Wildman–Crippen MR) is 292 cm³/mol. The molecule has 1 aliphatic rings. The molecule has 0 radical (unpaired) electrons. The molecule has 0 saturated carbocycles. The molecule has 10 nitrogen and oxygen atoms in total. The maximum atomic E-state index is 6.97. The summed E-state index contributed by atoms with van der Waals surface area (Å²) in [5, 5.41) is 0. The summed E-state index contributed by atoms with van der Waals surface area (Å²) in [6.07, 6.45) is 5.94. The average molecular weight is 1000 g/mol. The molecule has 10 heteroatoms. The monoisotopic (exact) mass is 1000 g/mol. The summed E-state index contributed by atoms with van der Waals surface area (Å²) in [7, 11) is 0. The second-order valence-corrected chi connectivity index (χ2v) is 25.7. The summed E-state index contributed by atoms with van der Waals surface area (Å²) in [5.41, 5.74) is 0. The van der Waals surface area contributed by atoms with Gasteiger partial charge >= 0.3 is 0 Å². The van der Waals surface area contributed by atoms with Crippen molar-refractivity contribution >= 4 is 0 Å². The Kier molecular flexibility index (Phi) is 37.7. The minimum absolute atomic E-state index is 0.0824. The number of hydrogen-bond acceptors (Lipinski definition) is 10. The van der Waals surface area contributed by atoms with Gasteiger partial charge in [-0.25, -0.2) is 0 Å². The third-order valence-electron chi connectivity index (χ3n) is 13.9. The molecule has 0 aromatic heterocycles. The highest BCUT2D eigenvalue weighted by atomic mass is 16.6. The van der Waals surface area contributed by atoms with Gasteiger partial charge in [-0.3, -0.25) is 0 Å². The van der Waals surface area contributed by atoms with Crippen LogP contribution in [0, 0.1) is 82.9 Å². The lowest BCUT2D eigenvalue weighted by atomic mass is 9.88.